The summed E-state index contributed by atoms with van der Waals surface area (Å²) in [5, 5.41) is 7.44. The maximum Gasteiger partial charge on any atom is 0.326 e. The van der Waals surface area contributed by atoms with Gasteiger partial charge in [0.15, 0.2) is 0 Å². The summed E-state index contributed by atoms with van der Waals surface area (Å²) in [5.41, 5.74) is 5.13. The Morgan fingerprint density at radius 2 is 1.82 bits per heavy atom. The number of halogens is 1. The summed E-state index contributed by atoms with van der Waals surface area (Å²) in [6.07, 6.45) is 0.723. The number of urea groups is 1. The van der Waals surface area contributed by atoms with Gasteiger partial charge in [0.2, 0.25) is 0 Å². The lowest BCUT2D eigenvalue weighted by molar-refractivity contribution is 0.0954. The molecule has 0 radical (unpaired) electrons. The number of nitrogens with one attached hydrogen (secondary N) is 2. The van der Waals surface area contributed by atoms with Crippen molar-refractivity contribution in [2.45, 2.75) is 25.3 Å². The van der Waals surface area contributed by atoms with Crippen LogP contribution >= 0.6 is 23.4 Å². The number of aromatic nitrogens is 1. The van der Waals surface area contributed by atoms with Crippen molar-refractivity contribution in [1.82, 2.24) is 10.3 Å². The van der Waals surface area contributed by atoms with Crippen LogP contribution in [0.3, 0.4) is 0 Å². The molecule has 0 aliphatic carbocycles. The summed E-state index contributed by atoms with van der Waals surface area (Å²) in [6.45, 7) is 5.10. The van der Waals surface area contributed by atoms with Gasteiger partial charge in [-0.15, -0.1) is 11.8 Å². The first-order valence-electron chi connectivity index (χ1n) is 10.7. The number of carbonyl (C=O) groups is 2. The molecular formula is C25H25ClN4O2S. The van der Waals surface area contributed by atoms with Crippen LogP contribution in [-0.2, 0) is 6.42 Å². The summed E-state index contributed by atoms with van der Waals surface area (Å²) >= 11 is 7.57. The number of hydrogen-bond acceptors (Lipinski definition) is 4. The van der Waals surface area contributed by atoms with Gasteiger partial charge in [-0.05, 0) is 73.9 Å². The molecule has 1 aliphatic rings. The number of pyridine rings is 1. The highest BCUT2D eigenvalue weighted by Gasteiger charge is 2.26. The van der Waals surface area contributed by atoms with E-state index in [2.05, 4.69) is 15.6 Å². The van der Waals surface area contributed by atoms with E-state index in [1.54, 1.807) is 40.9 Å². The summed E-state index contributed by atoms with van der Waals surface area (Å²) in [5.74, 6) is 0.645. The number of nitrogens with zero attached hydrogens (tertiary/aromatic N) is 2. The number of thioether (sulfide) groups is 1. The van der Waals surface area contributed by atoms with Gasteiger partial charge in [-0.3, -0.25) is 9.69 Å². The number of benzene rings is 2. The SMILES string of the molecule is Cc1cc(C)c2c(n1)SCCN2C(=O)Nc1ccc(C(=O)NCCc2ccc(Cl)cc2)cc1. The number of amides is 3. The molecular weight excluding hydrogens is 456 g/mol. The number of aryl methyl sites for hydroxylation is 2. The molecule has 170 valence electrons. The molecule has 0 fully saturated rings. The van der Waals surface area contributed by atoms with Crippen molar-refractivity contribution in [3.05, 3.63) is 82.0 Å². The van der Waals surface area contributed by atoms with E-state index in [9.17, 15) is 9.59 Å². The van der Waals surface area contributed by atoms with Gasteiger partial charge >= 0.3 is 6.03 Å². The average molecular weight is 481 g/mol. The van der Waals surface area contributed by atoms with Crippen LogP contribution in [0, 0.1) is 13.8 Å². The van der Waals surface area contributed by atoms with Crippen LogP contribution < -0.4 is 15.5 Å². The number of fused-ring (bicyclic) bond motifs is 1. The zero-order valence-electron chi connectivity index (χ0n) is 18.5. The monoisotopic (exact) mass is 480 g/mol. The Balaban J connectivity index is 1.35. The number of anilines is 2. The molecule has 2 heterocycles. The lowest BCUT2D eigenvalue weighted by Gasteiger charge is -2.30. The van der Waals surface area contributed by atoms with Gasteiger partial charge in [0.05, 0.1) is 5.69 Å². The molecule has 8 heteroatoms. The molecule has 0 atom stereocenters. The lowest BCUT2D eigenvalue weighted by Crippen LogP contribution is -2.39. The van der Waals surface area contributed by atoms with Crippen LogP contribution in [0.25, 0.3) is 0 Å². The fourth-order valence-electron chi connectivity index (χ4n) is 3.74. The minimum Gasteiger partial charge on any atom is -0.352 e. The van der Waals surface area contributed by atoms with Crippen LogP contribution in [0.2, 0.25) is 5.02 Å². The summed E-state index contributed by atoms with van der Waals surface area (Å²) in [7, 11) is 0. The Labute approximate surface area is 202 Å². The lowest BCUT2D eigenvalue weighted by atomic mass is 10.1. The first-order valence-corrected chi connectivity index (χ1v) is 12.1. The molecule has 6 nitrogen and oxygen atoms in total. The zero-order chi connectivity index (χ0) is 23.4. The van der Waals surface area contributed by atoms with Gasteiger partial charge in [-0.1, -0.05) is 23.7 Å². The highest BCUT2D eigenvalue weighted by atomic mass is 35.5. The predicted octanol–water partition coefficient (Wildman–Crippen LogP) is 5.47. The second kappa shape index (κ2) is 10.3. The number of hydrogen-bond donors (Lipinski definition) is 2. The fourth-order valence-corrected chi connectivity index (χ4v) is 4.95. The maximum atomic E-state index is 13.0. The average Bonchev–Trinajstić information content (AvgIpc) is 2.80. The Morgan fingerprint density at radius 1 is 1.09 bits per heavy atom. The Hall–Kier alpha value is -3.03. The van der Waals surface area contributed by atoms with Gasteiger partial charge in [-0.25, -0.2) is 9.78 Å². The topological polar surface area (TPSA) is 74.3 Å². The molecule has 0 saturated heterocycles. The minimum absolute atomic E-state index is 0.152. The standard InChI is InChI=1S/C25H25ClN4O2S/c1-16-15-17(2)28-24-22(16)30(13-14-33-24)25(32)29-21-9-5-19(6-10-21)23(31)27-12-11-18-3-7-20(26)8-4-18/h3-10,15H,11-14H2,1-2H3,(H,27,31)(H,29,32). The molecule has 2 N–H and O–H groups in total. The van der Waals surface area contributed by atoms with Gasteiger partial charge in [0.1, 0.15) is 5.03 Å². The fraction of sp³-hybridized carbons (Fsp3) is 0.240. The van der Waals surface area contributed by atoms with E-state index < -0.39 is 0 Å². The van der Waals surface area contributed by atoms with Crippen LogP contribution in [0.4, 0.5) is 16.2 Å². The van der Waals surface area contributed by atoms with Crippen molar-refractivity contribution in [3.8, 4) is 0 Å². The molecule has 33 heavy (non-hydrogen) atoms. The summed E-state index contributed by atoms with van der Waals surface area (Å²) in [6, 6.07) is 16.3. The highest BCUT2D eigenvalue weighted by Crippen LogP contribution is 2.36. The molecule has 0 unspecified atom stereocenters. The molecule has 1 aliphatic heterocycles. The Bertz CT molecular complexity index is 1170. The van der Waals surface area contributed by atoms with Crippen molar-refractivity contribution >= 4 is 46.7 Å². The third kappa shape index (κ3) is 5.67. The predicted molar refractivity (Wildman–Crippen MR) is 135 cm³/mol. The van der Waals surface area contributed by atoms with Crippen LogP contribution in [0.15, 0.2) is 59.6 Å². The molecule has 0 spiro atoms. The van der Waals surface area contributed by atoms with Gasteiger partial charge in [0, 0.05) is 40.8 Å². The van der Waals surface area contributed by atoms with Crippen molar-refractivity contribution < 1.29 is 9.59 Å². The molecule has 3 amide bonds. The smallest absolute Gasteiger partial charge is 0.326 e. The number of carbonyl (C=O) groups excluding carboxylic acids is 2. The second-order valence-electron chi connectivity index (χ2n) is 7.87. The molecule has 4 rings (SSSR count). The Morgan fingerprint density at radius 3 is 2.55 bits per heavy atom. The van der Waals surface area contributed by atoms with E-state index >= 15 is 0 Å². The largest absolute Gasteiger partial charge is 0.352 e. The maximum absolute atomic E-state index is 13.0. The van der Waals surface area contributed by atoms with E-state index in [4.69, 9.17) is 11.6 Å². The molecule has 0 saturated carbocycles. The van der Waals surface area contributed by atoms with Crippen molar-refractivity contribution in [3.63, 3.8) is 0 Å². The molecule has 1 aromatic heterocycles. The third-order valence-electron chi connectivity index (χ3n) is 5.36. The first kappa shape index (κ1) is 23.1. The van der Waals surface area contributed by atoms with E-state index in [1.165, 1.54) is 0 Å². The van der Waals surface area contributed by atoms with Crippen molar-refractivity contribution in [1.29, 1.82) is 0 Å². The Kier molecular flexibility index (Phi) is 7.20. The first-order chi connectivity index (χ1) is 15.9. The second-order valence-corrected chi connectivity index (χ2v) is 9.39. The zero-order valence-corrected chi connectivity index (χ0v) is 20.1. The van der Waals surface area contributed by atoms with Gasteiger partial charge < -0.3 is 10.6 Å². The van der Waals surface area contributed by atoms with Crippen LogP contribution in [0.5, 0.6) is 0 Å². The quantitative estimate of drug-likeness (QED) is 0.508. The van der Waals surface area contributed by atoms with Gasteiger partial charge in [0.25, 0.3) is 5.91 Å². The summed E-state index contributed by atoms with van der Waals surface area (Å²) < 4.78 is 0. The minimum atomic E-state index is -0.203. The van der Waals surface area contributed by atoms with E-state index in [0.717, 1.165) is 39.7 Å². The molecule has 0 bridgehead atoms. The van der Waals surface area contributed by atoms with Crippen LogP contribution in [0.1, 0.15) is 27.2 Å². The van der Waals surface area contributed by atoms with Gasteiger partial charge in [-0.2, -0.15) is 0 Å². The third-order valence-corrected chi connectivity index (χ3v) is 6.56. The van der Waals surface area contributed by atoms with E-state index in [-0.39, 0.29) is 11.9 Å². The van der Waals surface area contributed by atoms with E-state index in [1.807, 2.05) is 44.2 Å². The van der Waals surface area contributed by atoms with Crippen molar-refractivity contribution in [2.75, 3.05) is 29.1 Å². The van der Waals surface area contributed by atoms with E-state index in [0.29, 0.717) is 29.4 Å². The highest BCUT2D eigenvalue weighted by molar-refractivity contribution is 7.99. The number of rotatable bonds is 5. The summed E-state index contributed by atoms with van der Waals surface area (Å²) in [4.78, 5) is 31.7. The van der Waals surface area contributed by atoms with Crippen LogP contribution in [-0.4, -0.2) is 35.8 Å². The molecule has 3 aromatic rings. The normalized spacial score (nSPS) is 12.8. The molecule has 2 aromatic carbocycles. The van der Waals surface area contributed by atoms with Crippen molar-refractivity contribution in [2.24, 2.45) is 0 Å².